The lowest BCUT2D eigenvalue weighted by Gasteiger charge is -2.05. The van der Waals surface area contributed by atoms with E-state index in [2.05, 4.69) is 20.7 Å². The number of pyridine rings is 1. The Morgan fingerprint density at radius 1 is 0.833 bits per heavy atom. The first kappa shape index (κ1) is 19.1. The fraction of sp³-hybridized carbons (Fsp3) is 0.0435. The molecule has 0 aliphatic heterocycles. The third kappa shape index (κ3) is 4.25. The zero-order valence-electron chi connectivity index (χ0n) is 16.2. The van der Waals surface area contributed by atoms with Crippen LogP contribution in [0, 0.1) is 0 Å². The highest BCUT2D eigenvalue weighted by Gasteiger charge is 2.12. The maximum Gasteiger partial charge on any atom is 0.257 e. The Morgan fingerprint density at radius 3 is 2.23 bits per heavy atom. The van der Waals surface area contributed by atoms with E-state index in [1.807, 2.05) is 36.4 Å². The van der Waals surface area contributed by atoms with Gasteiger partial charge in [0.05, 0.1) is 11.3 Å². The first-order valence-corrected chi connectivity index (χ1v) is 9.32. The van der Waals surface area contributed by atoms with E-state index in [1.165, 1.54) is 6.20 Å². The Hall–Kier alpha value is -4.26. The number of carbonyl (C=O) groups is 2. The van der Waals surface area contributed by atoms with Gasteiger partial charge in [0.1, 0.15) is 5.82 Å². The number of nitrogens with one attached hydrogen (secondary N) is 2. The van der Waals surface area contributed by atoms with E-state index in [9.17, 15) is 9.59 Å². The van der Waals surface area contributed by atoms with E-state index in [4.69, 9.17) is 0 Å². The summed E-state index contributed by atoms with van der Waals surface area (Å²) in [6, 6.07) is 21.6. The van der Waals surface area contributed by atoms with Gasteiger partial charge in [-0.15, -0.1) is 0 Å². The van der Waals surface area contributed by atoms with Crippen LogP contribution >= 0.6 is 0 Å². The van der Waals surface area contributed by atoms with Crippen molar-refractivity contribution in [3.8, 4) is 11.3 Å². The van der Waals surface area contributed by atoms with Crippen molar-refractivity contribution in [3.63, 3.8) is 0 Å². The van der Waals surface area contributed by atoms with Crippen molar-refractivity contribution in [1.29, 1.82) is 0 Å². The third-order valence-corrected chi connectivity index (χ3v) is 4.52. The molecule has 0 spiro atoms. The molecule has 0 saturated heterocycles. The Labute approximate surface area is 173 Å². The van der Waals surface area contributed by atoms with Gasteiger partial charge in [-0.1, -0.05) is 30.3 Å². The molecule has 7 nitrogen and oxygen atoms in total. The Bertz CT molecular complexity index is 1170. The molecule has 148 valence electrons. The van der Waals surface area contributed by atoms with Crippen LogP contribution in [0.1, 0.15) is 20.7 Å². The first-order chi connectivity index (χ1) is 14.6. The Balaban J connectivity index is 1.46. The third-order valence-electron chi connectivity index (χ3n) is 4.52. The molecule has 0 saturated carbocycles. The molecule has 0 aliphatic carbocycles. The van der Waals surface area contributed by atoms with Crippen LogP contribution in [0.2, 0.25) is 0 Å². The fourth-order valence-corrected chi connectivity index (χ4v) is 2.93. The lowest BCUT2D eigenvalue weighted by atomic mass is 10.1. The van der Waals surface area contributed by atoms with Gasteiger partial charge in [-0.2, -0.15) is 5.10 Å². The zero-order chi connectivity index (χ0) is 20.9. The van der Waals surface area contributed by atoms with Gasteiger partial charge in [-0.05, 0) is 36.4 Å². The Morgan fingerprint density at radius 2 is 1.53 bits per heavy atom. The summed E-state index contributed by atoms with van der Waals surface area (Å²) in [5, 5.41) is 10.2. The number of nitrogens with zero attached hydrogens (tertiary/aromatic N) is 3. The molecular formula is C23H19N5O2. The maximum absolute atomic E-state index is 12.4. The van der Waals surface area contributed by atoms with Gasteiger partial charge >= 0.3 is 0 Å². The number of anilines is 2. The summed E-state index contributed by atoms with van der Waals surface area (Å²) in [5.74, 6) is 0.172. The van der Waals surface area contributed by atoms with Crippen molar-refractivity contribution in [2.24, 2.45) is 7.05 Å². The summed E-state index contributed by atoms with van der Waals surface area (Å²) < 4.78 is 1.62. The first-order valence-electron chi connectivity index (χ1n) is 9.32. The zero-order valence-corrected chi connectivity index (χ0v) is 16.2. The van der Waals surface area contributed by atoms with Crippen molar-refractivity contribution in [1.82, 2.24) is 14.8 Å². The predicted molar refractivity (Wildman–Crippen MR) is 115 cm³/mol. The summed E-state index contributed by atoms with van der Waals surface area (Å²) in [6.07, 6.45) is 3.14. The number of aromatic nitrogens is 3. The molecule has 7 heteroatoms. The molecule has 0 bridgehead atoms. The molecule has 0 aliphatic rings. The Kier molecular flexibility index (Phi) is 5.34. The normalized spacial score (nSPS) is 10.4. The lowest BCUT2D eigenvalue weighted by molar-refractivity contribution is 0.101. The van der Waals surface area contributed by atoms with Crippen molar-refractivity contribution in [3.05, 3.63) is 96.3 Å². The molecular weight excluding hydrogens is 378 g/mol. The number of rotatable bonds is 5. The molecule has 0 atom stereocenters. The highest BCUT2D eigenvalue weighted by Crippen LogP contribution is 2.23. The largest absolute Gasteiger partial charge is 0.322 e. The van der Waals surface area contributed by atoms with Crippen molar-refractivity contribution in [2.45, 2.75) is 0 Å². The second kappa shape index (κ2) is 8.40. The predicted octanol–water partition coefficient (Wildman–Crippen LogP) is 3.99. The van der Waals surface area contributed by atoms with Gasteiger partial charge in [-0.3, -0.25) is 19.3 Å². The minimum Gasteiger partial charge on any atom is -0.322 e. The van der Waals surface area contributed by atoms with Crippen molar-refractivity contribution < 1.29 is 9.59 Å². The number of benzene rings is 2. The monoisotopic (exact) mass is 397 g/mol. The van der Waals surface area contributed by atoms with Gasteiger partial charge in [-0.25, -0.2) is 0 Å². The van der Waals surface area contributed by atoms with Crippen LogP contribution in [0.25, 0.3) is 11.3 Å². The van der Waals surface area contributed by atoms with E-state index in [1.54, 1.807) is 54.3 Å². The average Bonchev–Trinajstić information content (AvgIpc) is 3.15. The van der Waals surface area contributed by atoms with E-state index < -0.39 is 0 Å². The summed E-state index contributed by atoms with van der Waals surface area (Å²) in [4.78, 5) is 28.6. The minimum atomic E-state index is -0.223. The number of amides is 2. The van der Waals surface area contributed by atoms with Crippen molar-refractivity contribution in [2.75, 3.05) is 10.6 Å². The molecule has 2 heterocycles. The molecule has 2 aromatic heterocycles. The topological polar surface area (TPSA) is 88.9 Å². The van der Waals surface area contributed by atoms with E-state index in [0.29, 0.717) is 28.3 Å². The van der Waals surface area contributed by atoms with Crippen LogP contribution < -0.4 is 10.6 Å². The lowest BCUT2D eigenvalue weighted by Crippen LogP contribution is -2.14. The number of hydrogen-bond donors (Lipinski definition) is 2. The van der Waals surface area contributed by atoms with Gasteiger partial charge in [0.2, 0.25) is 0 Å². The minimum absolute atomic E-state index is 0.196. The van der Waals surface area contributed by atoms with Crippen LogP contribution in [0.5, 0.6) is 0 Å². The number of hydrogen-bond acceptors (Lipinski definition) is 4. The van der Waals surface area contributed by atoms with Crippen molar-refractivity contribution >= 4 is 23.3 Å². The second-order valence-electron chi connectivity index (χ2n) is 6.63. The molecule has 2 amide bonds. The van der Waals surface area contributed by atoms with Gasteiger partial charge < -0.3 is 10.6 Å². The quantitative estimate of drug-likeness (QED) is 0.533. The van der Waals surface area contributed by atoms with Crippen LogP contribution in [-0.4, -0.2) is 26.6 Å². The summed E-state index contributed by atoms with van der Waals surface area (Å²) in [6.45, 7) is 0. The number of aryl methyl sites for hydroxylation is 1. The molecule has 2 aromatic carbocycles. The van der Waals surface area contributed by atoms with Gasteiger partial charge in [0.15, 0.2) is 0 Å². The fourth-order valence-electron chi connectivity index (χ4n) is 2.93. The van der Waals surface area contributed by atoms with Gasteiger partial charge in [0, 0.05) is 42.3 Å². The average molecular weight is 397 g/mol. The highest BCUT2D eigenvalue weighted by atomic mass is 16.2. The molecule has 0 radical (unpaired) electrons. The summed E-state index contributed by atoms with van der Waals surface area (Å²) >= 11 is 0. The maximum atomic E-state index is 12.4. The second-order valence-corrected chi connectivity index (χ2v) is 6.63. The van der Waals surface area contributed by atoms with E-state index >= 15 is 0 Å². The number of carbonyl (C=O) groups excluding carboxylic acids is 2. The molecule has 2 N–H and O–H groups in total. The van der Waals surface area contributed by atoms with Crippen LogP contribution in [0.15, 0.2) is 85.2 Å². The highest BCUT2D eigenvalue weighted by molar-refractivity contribution is 6.04. The standard InChI is InChI=1S/C23H19N5O2/c1-28-21(26-22(29)17-6-3-2-4-7-17)14-20(27-28)16-9-11-19(12-10-16)25-23(30)18-8-5-13-24-15-18/h2-15H,1H3,(H,25,30)(H,26,29). The SMILES string of the molecule is Cn1nc(-c2ccc(NC(=O)c3cccnc3)cc2)cc1NC(=O)c1ccccc1. The summed E-state index contributed by atoms with van der Waals surface area (Å²) in [5.41, 5.74) is 3.32. The van der Waals surface area contributed by atoms with Gasteiger partial charge in [0.25, 0.3) is 11.8 Å². The molecule has 30 heavy (non-hydrogen) atoms. The molecule has 0 fully saturated rings. The molecule has 4 aromatic rings. The summed E-state index contributed by atoms with van der Waals surface area (Å²) in [7, 11) is 1.77. The van der Waals surface area contributed by atoms with Crippen LogP contribution in [0.4, 0.5) is 11.5 Å². The smallest absolute Gasteiger partial charge is 0.257 e. The molecule has 4 rings (SSSR count). The van der Waals surface area contributed by atoms with E-state index in [0.717, 1.165) is 5.56 Å². The van der Waals surface area contributed by atoms with E-state index in [-0.39, 0.29) is 11.8 Å². The van der Waals surface area contributed by atoms with Crippen LogP contribution in [0.3, 0.4) is 0 Å². The molecule has 0 unspecified atom stereocenters. The van der Waals surface area contributed by atoms with Crippen LogP contribution in [-0.2, 0) is 7.05 Å².